The summed E-state index contributed by atoms with van der Waals surface area (Å²) in [5.74, 6) is 1.20. The van der Waals surface area contributed by atoms with E-state index in [2.05, 4.69) is 59.9 Å². The first kappa shape index (κ1) is 14.8. The van der Waals surface area contributed by atoms with Crippen molar-refractivity contribution in [1.29, 1.82) is 0 Å². The van der Waals surface area contributed by atoms with Crippen LogP contribution in [0.3, 0.4) is 0 Å². The van der Waals surface area contributed by atoms with Crippen molar-refractivity contribution >= 4 is 0 Å². The quantitative estimate of drug-likeness (QED) is 0.836. The molecule has 3 heteroatoms. The van der Waals surface area contributed by atoms with E-state index < -0.39 is 0 Å². The van der Waals surface area contributed by atoms with Crippen molar-refractivity contribution in [3.63, 3.8) is 0 Å². The molecule has 0 aliphatic rings. The van der Waals surface area contributed by atoms with Gasteiger partial charge >= 0.3 is 0 Å². The van der Waals surface area contributed by atoms with Gasteiger partial charge in [-0.25, -0.2) is 4.98 Å². The first-order valence-electron chi connectivity index (χ1n) is 7.40. The summed E-state index contributed by atoms with van der Waals surface area (Å²) in [6, 6.07) is 8.92. The van der Waals surface area contributed by atoms with Crippen LogP contribution in [0.15, 0.2) is 43.0 Å². The maximum absolute atomic E-state index is 4.07. The average Bonchev–Trinajstić information content (AvgIpc) is 2.92. The van der Waals surface area contributed by atoms with Crippen LogP contribution in [-0.4, -0.2) is 16.1 Å². The first-order chi connectivity index (χ1) is 9.65. The topological polar surface area (TPSA) is 29.9 Å². The molecule has 1 N–H and O–H groups in total. The van der Waals surface area contributed by atoms with Gasteiger partial charge in [0, 0.05) is 25.5 Å². The molecule has 0 spiro atoms. The lowest BCUT2D eigenvalue weighted by Crippen LogP contribution is -2.23. The maximum Gasteiger partial charge on any atom is 0.0946 e. The molecular formula is C17H25N3. The number of rotatable bonds is 7. The van der Waals surface area contributed by atoms with E-state index in [-0.39, 0.29) is 0 Å². The second-order valence-corrected chi connectivity index (χ2v) is 5.89. The van der Waals surface area contributed by atoms with Crippen LogP contribution in [0.2, 0.25) is 0 Å². The van der Waals surface area contributed by atoms with E-state index in [1.165, 1.54) is 11.1 Å². The van der Waals surface area contributed by atoms with Crippen LogP contribution in [0.1, 0.15) is 37.8 Å². The standard InChI is InChI=1S/C17H25N3/c1-14(2)17-6-4-16(5-7-17)11-19-10-15(3)12-20-9-8-18-13-20/h4-9,13-15,19H,10-12H2,1-3H3. The molecule has 1 heterocycles. The van der Waals surface area contributed by atoms with Gasteiger partial charge in [-0.3, -0.25) is 0 Å². The van der Waals surface area contributed by atoms with Gasteiger partial charge in [-0.2, -0.15) is 0 Å². The van der Waals surface area contributed by atoms with Gasteiger partial charge in [-0.1, -0.05) is 45.0 Å². The number of nitrogens with zero attached hydrogens (tertiary/aromatic N) is 2. The van der Waals surface area contributed by atoms with E-state index in [0.29, 0.717) is 11.8 Å². The minimum absolute atomic E-state index is 0.596. The zero-order chi connectivity index (χ0) is 14.4. The van der Waals surface area contributed by atoms with Gasteiger partial charge in [0.1, 0.15) is 0 Å². The summed E-state index contributed by atoms with van der Waals surface area (Å²) < 4.78 is 2.13. The van der Waals surface area contributed by atoms with Crippen molar-refractivity contribution in [2.75, 3.05) is 6.54 Å². The van der Waals surface area contributed by atoms with Gasteiger partial charge < -0.3 is 9.88 Å². The van der Waals surface area contributed by atoms with Crippen LogP contribution >= 0.6 is 0 Å². The molecule has 1 unspecified atom stereocenters. The molecule has 2 rings (SSSR count). The lowest BCUT2D eigenvalue weighted by molar-refractivity contribution is 0.445. The van der Waals surface area contributed by atoms with Crippen molar-refractivity contribution in [3.05, 3.63) is 54.1 Å². The molecule has 0 radical (unpaired) electrons. The fourth-order valence-electron chi connectivity index (χ4n) is 2.30. The summed E-state index contributed by atoms with van der Waals surface area (Å²) in [6.45, 7) is 9.68. The number of aromatic nitrogens is 2. The molecule has 108 valence electrons. The smallest absolute Gasteiger partial charge is 0.0946 e. The molecule has 20 heavy (non-hydrogen) atoms. The Labute approximate surface area is 122 Å². The molecule has 0 fully saturated rings. The van der Waals surface area contributed by atoms with Gasteiger partial charge in [0.05, 0.1) is 6.33 Å². The SMILES string of the molecule is CC(CNCc1ccc(C(C)C)cc1)Cn1ccnc1. The Balaban J connectivity index is 1.72. The number of imidazole rings is 1. The second kappa shape index (κ2) is 7.25. The average molecular weight is 271 g/mol. The van der Waals surface area contributed by atoms with Crippen molar-refractivity contribution in [2.24, 2.45) is 5.92 Å². The first-order valence-corrected chi connectivity index (χ1v) is 7.40. The highest BCUT2D eigenvalue weighted by Crippen LogP contribution is 2.14. The van der Waals surface area contributed by atoms with Crippen molar-refractivity contribution < 1.29 is 0 Å². The van der Waals surface area contributed by atoms with E-state index >= 15 is 0 Å². The van der Waals surface area contributed by atoms with Crippen LogP contribution in [0.25, 0.3) is 0 Å². The summed E-state index contributed by atoms with van der Waals surface area (Å²) in [5.41, 5.74) is 2.76. The molecule has 0 aliphatic heterocycles. The van der Waals surface area contributed by atoms with Crippen LogP contribution in [0, 0.1) is 5.92 Å². The summed E-state index contributed by atoms with van der Waals surface area (Å²) in [4.78, 5) is 4.07. The molecule has 1 aromatic heterocycles. The van der Waals surface area contributed by atoms with Gasteiger partial charge in [0.15, 0.2) is 0 Å². The minimum Gasteiger partial charge on any atom is -0.337 e. The predicted molar refractivity (Wildman–Crippen MR) is 83.6 cm³/mol. The van der Waals surface area contributed by atoms with Crippen LogP contribution in [0.5, 0.6) is 0 Å². The third-order valence-corrected chi connectivity index (χ3v) is 3.55. The van der Waals surface area contributed by atoms with Crippen LogP contribution < -0.4 is 5.32 Å². The number of nitrogens with one attached hydrogen (secondary N) is 1. The number of hydrogen-bond acceptors (Lipinski definition) is 2. The van der Waals surface area contributed by atoms with E-state index in [4.69, 9.17) is 0 Å². The zero-order valence-electron chi connectivity index (χ0n) is 12.7. The zero-order valence-corrected chi connectivity index (χ0v) is 12.7. The fraction of sp³-hybridized carbons (Fsp3) is 0.471. The molecule has 0 aliphatic carbocycles. The fourth-order valence-corrected chi connectivity index (χ4v) is 2.30. The van der Waals surface area contributed by atoms with Gasteiger partial charge in [-0.15, -0.1) is 0 Å². The largest absolute Gasteiger partial charge is 0.337 e. The molecule has 3 nitrogen and oxygen atoms in total. The Morgan fingerprint density at radius 1 is 1.15 bits per heavy atom. The Morgan fingerprint density at radius 3 is 2.50 bits per heavy atom. The van der Waals surface area contributed by atoms with E-state index in [1.807, 2.05) is 18.7 Å². The molecule has 2 aromatic rings. The number of benzene rings is 1. The molecule has 1 atom stereocenters. The van der Waals surface area contributed by atoms with E-state index in [9.17, 15) is 0 Å². The summed E-state index contributed by atoms with van der Waals surface area (Å²) in [7, 11) is 0. The van der Waals surface area contributed by atoms with Gasteiger partial charge in [0.2, 0.25) is 0 Å². The normalized spacial score (nSPS) is 12.8. The molecule has 0 saturated heterocycles. The van der Waals surface area contributed by atoms with Crippen LogP contribution in [0.4, 0.5) is 0 Å². The van der Waals surface area contributed by atoms with Gasteiger partial charge in [-0.05, 0) is 29.5 Å². The van der Waals surface area contributed by atoms with E-state index in [1.54, 1.807) is 0 Å². The molecule has 0 saturated carbocycles. The van der Waals surface area contributed by atoms with Crippen LogP contribution in [-0.2, 0) is 13.1 Å². The highest BCUT2D eigenvalue weighted by atomic mass is 15.0. The molecule has 0 bridgehead atoms. The summed E-state index contributed by atoms with van der Waals surface area (Å²) in [5, 5.41) is 3.53. The van der Waals surface area contributed by atoms with Crippen molar-refractivity contribution in [2.45, 2.75) is 39.8 Å². The maximum atomic E-state index is 4.07. The third-order valence-electron chi connectivity index (χ3n) is 3.55. The van der Waals surface area contributed by atoms with E-state index in [0.717, 1.165) is 19.6 Å². The molecule has 1 aromatic carbocycles. The second-order valence-electron chi connectivity index (χ2n) is 5.89. The Bertz CT molecular complexity index is 485. The third kappa shape index (κ3) is 4.49. The monoisotopic (exact) mass is 271 g/mol. The summed E-state index contributed by atoms with van der Waals surface area (Å²) in [6.07, 6.45) is 5.72. The predicted octanol–water partition coefficient (Wildman–Crippen LogP) is 3.43. The number of hydrogen-bond donors (Lipinski definition) is 1. The lowest BCUT2D eigenvalue weighted by atomic mass is 10.0. The van der Waals surface area contributed by atoms with Crippen molar-refractivity contribution in [3.8, 4) is 0 Å². The highest BCUT2D eigenvalue weighted by Gasteiger charge is 2.03. The Hall–Kier alpha value is -1.61. The van der Waals surface area contributed by atoms with Crippen molar-refractivity contribution in [1.82, 2.24) is 14.9 Å². The molecular weight excluding hydrogens is 246 g/mol. The van der Waals surface area contributed by atoms with Gasteiger partial charge in [0.25, 0.3) is 0 Å². The Kier molecular flexibility index (Phi) is 5.36. The Morgan fingerprint density at radius 2 is 1.90 bits per heavy atom. The minimum atomic E-state index is 0.596. The summed E-state index contributed by atoms with van der Waals surface area (Å²) >= 11 is 0. The lowest BCUT2D eigenvalue weighted by Gasteiger charge is -2.13. The molecule has 0 amide bonds. The highest BCUT2D eigenvalue weighted by molar-refractivity contribution is 5.24.